The molecular weight excluding hydrogens is 261 g/mol. The van der Waals surface area contributed by atoms with Crippen LogP contribution in [-0.2, 0) is 11.3 Å². The highest BCUT2D eigenvalue weighted by Gasteiger charge is 2.10. The van der Waals surface area contributed by atoms with E-state index in [-0.39, 0.29) is 18.3 Å². The van der Waals surface area contributed by atoms with Crippen LogP contribution in [0.1, 0.15) is 26.1 Å². The topological polar surface area (TPSA) is 68.0 Å². The highest BCUT2D eigenvalue weighted by molar-refractivity contribution is 5.75. The van der Waals surface area contributed by atoms with Gasteiger partial charge in [-0.3, -0.25) is 4.79 Å². The minimum Gasteiger partial charge on any atom is -0.349 e. The number of hydrogen-bond donors (Lipinski definition) is 1. The van der Waals surface area contributed by atoms with Gasteiger partial charge < -0.3 is 9.84 Å². The van der Waals surface area contributed by atoms with Gasteiger partial charge in [0.05, 0.1) is 6.54 Å². The number of rotatable bonds is 5. The van der Waals surface area contributed by atoms with E-state index in [0.717, 1.165) is 0 Å². The molecule has 1 aromatic carbocycles. The van der Waals surface area contributed by atoms with Gasteiger partial charge in [0.15, 0.2) is 5.82 Å². The van der Waals surface area contributed by atoms with Crippen LogP contribution in [0, 0.1) is 11.7 Å². The van der Waals surface area contributed by atoms with Crippen LogP contribution in [0.25, 0.3) is 11.5 Å². The maximum absolute atomic E-state index is 12.8. The van der Waals surface area contributed by atoms with Crippen molar-refractivity contribution >= 4 is 5.91 Å². The van der Waals surface area contributed by atoms with E-state index in [1.807, 2.05) is 13.8 Å². The lowest BCUT2D eigenvalue weighted by Gasteiger charge is -2.04. The van der Waals surface area contributed by atoms with Gasteiger partial charge in [-0.2, -0.15) is 4.98 Å². The zero-order valence-corrected chi connectivity index (χ0v) is 11.4. The molecule has 0 saturated heterocycles. The number of nitrogens with one attached hydrogen (secondary N) is 1. The molecule has 0 aliphatic rings. The van der Waals surface area contributed by atoms with Crippen LogP contribution in [0.3, 0.4) is 0 Å². The van der Waals surface area contributed by atoms with Crippen molar-refractivity contribution in [3.63, 3.8) is 0 Å². The Hall–Kier alpha value is -2.24. The van der Waals surface area contributed by atoms with Gasteiger partial charge >= 0.3 is 0 Å². The zero-order chi connectivity index (χ0) is 14.5. The zero-order valence-electron chi connectivity index (χ0n) is 11.4. The van der Waals surface area contributed by atoms with Gasteiger partial charge in [-0.1, -0.05) is 19.0 Å². The van der Waals surface area contributed by atoms with Crippen LogP contribution >= 0.6 is 0 Å². The Kier molecular flexibility index (Phi) is 4.45. The molecule has 0 aliphatic heterocycles. The van der Waals surface area contributed by atoms with Crippen LogP contribution in [-0.4, -0.2) is 16.0 Å². The first-order chi connectivity index (χ1) is 9.54. The van der Waals surface area contributed by atoms with Gasteiger partial charge in [0.25, 0.3) is 5.89 Å². The van der Waals surface area contributed by atoms with Crippen LogP contribution in [0.2, 0.25) is 0 Å². The van der Waals surface area contributed by atoms with Crippen molar-refractivity contribution in [1.29, 1.82) is 0 Å². The summed E-state index contributed by atoms with van der Waals surface area (Å²) in [5, 5.41) is 6.49. The molecule has 5 nitrogen and oxygen atoms in total. The molecule has 6 heteroatoms. The second-order valence-electron chi connectivity index (χ2n) is 4.90. The minimum atomic E-state index is -0.325. The molecule has 1 aromatic heterocycles. The number of amides is 1. The molecule has 1 amide bonds. The lowest BCUT2D eigenvalue weighted by Crippen LogP contribution is -2.24. The standard InChI is InChI=1S/C14H16FN3O2/c1-9(2)7-13(19)16-8-12-17-14(20-18-12)10-3-5-11(15)6-4-10/h3-6,9H,7-8H2,1-2H3,(H,16,19). The fourth-order valence-electron chi connectivity index (χ4n) is 1.66. The van der Waals surface area contributed by atoms with Gasteiger partial charge in [-0.05, 0) is 30.2 Å². The Bertz CT molecular complexity index is 578. The van der Waals surface area contributed by atoms with E-state index in [2.05, 4.69) is 15.5 Å². The molecule has 1 heterocycles. The predicted molar refractivity (Wildman–Crippen MR) is 71.0 cm³/mol. The average molecular weight is 277 g/mol. The molecule has 0 unspecified atom stereocenters. The van der Waals surface area contributed by atoms with E-state index in [9.17, 15) is 9.18 Å². The molecule has 106 valence electrons. The van der Waals surface area contributed by atoms with Gasteiger partial charge in [-0.15, -0.1) is 0 Å². The summed E-state index contributed by atoms with van der Waals surface area (Å²) in [4.78, 5) is 15.6. The molecule has 0 fully saturated rings. The lowest BCUT2D eigenvalue weighted by molar-refractivity contribution is -0.122. The number of nitrogens with zero attached hydrogens (tertiary/aromatic N) is 2. The summed E-state index contributed by atoms with van der Waals surface area (Å²) in [5.74, 6) is 0.622. The average Bonchev–Trinajstić information content (AvgIpc) is 2.85. The molecule has 0 bridgehead atoms. The quantitative estimate of drug-likeness (QED) is 0.912. The summed E-state index contributed by atoms with van der Waals surface area (Å²) < 4.78 is 17.9. The number of aromatic nitrogens is 2. The molecule has 0 spiro atoms. The normalized spacial score (nSPS) is 10.8. The van der Waals surface area contributed by atoms with Crippen LogP contribution in [0.4, 0.5) is 4.39 Å². The first-order valence-corrected chi connectivity index (χ1v) is 6.40. The molecule has 2 aromatic rings. The van der Waals surface area contributed by atoms with Crippen molar-refractivity contribution in [1.82, 2.24) is 15.5 Å². The first-order valence-electron chi connectivity index (χ1n) is 6.40. The molecule has 20 heavy (non-hydrogen) atoms. The molecule has 0 aliphatic carbocycles. The summed E-state index contributed by atoms with van der Waals surface area (Å²) in [7, 11) is 0. The number of hydrogen-bond acceptors (Lipinski definition) is 4. The van der Waals surface area contributed by atoms with Crippen LogP contribution in [0.5, 0.6) is 0 Å². The second kappa shape index (κ2) is 6.27. The third kappa shape index (κ3) is 3.88. The Morgan fingerprint density at radius 2 is 2.05 bits per heavy atom. The third-order valence-electron chi connectivity index (χ3n) is 2.60. The van der Waals surface area contributed by atoms with Gasteiger partial charge in [-0.25, -0.2) is 4.39 Å². The van der Waals surface area contributed by atoms with E-state index in [0.29, 0.717) is 29.6 Å². The molecule has 0 saturated carbocycles. The van der Waals surface area contributed by atoms with Gasteiger partial charge in [0.1, 0.15) is 5.82 Å². The van der Waals surface area contributed by atoms with Gasteiger partial charge in [0, 0.05) is 12.0 Å². The predicted octanol–water partition coefficient (Wildman–Crippen LogP) is 2.54. The molecule has 2 rings (SSSR count). The molecule has 1 N–H and O–H groups in total. The Morgan fingerprint density at radius 3 is 2.70 bits per heavy atom. The van der Waals surface area contributed by atoms with Crippen molar-refractivity contribution in [2.24, 2.45) is 5.92 Å². The Morgan fingerprint density at radius 1 is 1.35 bits per heavy atom. The molecule has 0 atom stereocenters. The molecule has 0 radical (unpaired) electrons. The van der Waals surface area contributed by atoms with E-state index < -0.39 is 0 Å². The first kappa shape index (κ1) is 14.2. The SMILES string of the molecule is CC(C)CC(=O)NCc1noc(-c2ccc(F)cc2)n1. The number of carbonyl (C=O) groups is 1. The van der Waals surface area contributed by atoms with Crippen molar-refractivity contribution < 1.29 is 13.7 Å². The summed E-state index contributed by atoms with van der Waals surface area (Å²) in [6.07, 6.45) is 0.461. The number of carbonyl (C=O) groups excluding carboxylic acids is 1. The minimum absolute atomic E-state index is 0.0480. The second-order valence-corrected chi connectivity index (χ2v) is 4.90. The summed E-state index contributed by atoms with van der Waals surface area (Å²) in [6, 6.07) is 5.77. The Labute approximate surface area is 116 Å². The van der Waals surface area contributed by atoms with Crippen LogP contribution in [0.15, 0.2) is 28.8 Å². The smallest absolute Gasteiger partial charge is 0.257 e. The van der Waals surface area contributed by atoms with Crippen LogP contribution < -0.4 is 5.32 Å². The largest absolute Gasteiger partial charge is 0.349 e. The fourth-order valence-corrected chi connectivity index (χ4v) is 1.66. The van der Waals surface area contributed by atoms with E-state index in [1.165, 1.54) is 12.1 Å². The summed E-state index contributed by atoms with van der Waals surface area (Å²) in [6.45, 7) is 4.16. The van der Waals surface area contributed by atoms with Crippen molar-refractivity contribution in [3.8, 4) is 11.5 Å². The van der Waals surface area contributed by atoms with Crippen molar-refractivity contribution in [2.75, 3.05) is 0 Å². The third-order valence-corrected chi connectivity index (χ3v) is 2.60. The van der Waals surface area contributed by atoms with Crippen molar-refractivity contribution in [3.05, 3.63) is 35.9 Å². The monoisotopic (exact) mass is 277 g/mol. The number of halogens is 1. The van der Waals surface area contributed by atoms with E-state index >= 15 is 0 Å². The summed E-state index contributed by atoms with van der Waals surface area (Å²) >= 11 is 0. The highest BCUT2D eigenvalue weighted by atomic mass is 19.1. The number of benzene rings is 1. The Balaban J connectivity index is 1.95. The summed E-state index contributed by atoms with van der Waals surface area (Å²) in [5.41, 5.74) is 0.638. The highest BCUT2D eigenvalue weighted by Crippen LogP contribution is 2.17. The van der Waals surface area contributed by atoms with E-state index in [1.54, 1.807) is 12.1 Å². The lowest BCUT2D eigenvalue weighted by atomic mass is 10.1. The van der Waals surface area contributed by atoms with E-state index in [4.69, 9.17) is 4.52 Å². The van der Waals surface area contributed by atoms with Gasteiger partial charge in [0.2, 0.25) is 5.91 Å². The maximum atomic E-state index is 12.8. The maximum Gasteiger partial charge on any atom is 0.257 e. The molecular formula is C14H16FN3O2. The fraction of sp³-hybridized carbons (Fsp3) is 0.357. The van der Waals surface area contributed by atoms with Crippen molar-refractivity contribution in [2.45, 2.75) is 26.8 Å².